The molecule has 4 rings (SSSR count). The molecule has 1 aromatic carbocycles. The van der Waals surface area contributed by atoms with E-state index in [0.29, 0.717) is 18.0 Å². The van der Waals surface area contributed by atoms with Crippen LogP contribution in [0.2, 0.25) is 0 Å². The van der Waals surface area contributed by atoms with E-state index in [-0.39, 0.29) is 24.0 Å². The van der Waals surface area contributed by atoms with E-state index in [2.05, 4.69) is 82.2 Å². The third-order valence-electron chi connectivity index (χ3n) is 6.32. The summed E-state index contributed by atoms with van der Waals surface area (Å²) >= 11 is 1.88. The number of anilines is 1. The van der Waals surface area contributed by atoms with Crippen molar-refractivity contribution in [3.63, 3.8) is 0 Å². The number of hydrogen-bond donors (Lipinski definition) is 2. The summed E-state index contributed by atoms with van der Waals surface area (Å²) in [5.74, 6) is 1.54. The molecule has 3 atom stereocenters. The molecule has 2 fully saturated rings. The average molecular weight is 554 g/mol. The second kappa shape index (κ2) is 12.1. The number of para-hydroxylation sites is 1. The summed E-state index contributed by atoms with van der Waals surface area (Å²) in [7, 11) is 2.26. The van der Waals surface area contributed by atoms with E-state index in [1.807, 2.05) is 11.3 Å². The number of nitrogens with one attached hydrogen (secondary N) is 2. The van der Waals surface area contributed by atoms with Crippen LogP contribution in [0.15, 0.2) is 52.8 Å². The van der Waals surface area contributed by atoms with Crippen molar-refractivity contribution in [1.82, 2.24) is 15.5 Å². The molecular weight excluding hydrogens is 517 g/mol. The molecule has 3 heterocycles. The van der Waals surface area contributed by atoms with Gasteiger partial charge in [-0.15, -0.1) is 35.3 Å². The van der Waals surface area contributed by atoms with Crippen molar-refractivity contribution in [2.24, 2.45) is 10.9 Å². The van der Waals surface area contributed by atoms with E-state index in [4.69, 9.17) is 4.99 Å². The Morgan fingerprint density at radius 3 is 2.71 bits per heavy atom. The Morgan fingerprint density at radius 2 is 1.97 bits per heavy atom. The van der Waals surface area contributed by atoms with Crippen molar-refractivity contribution < 1.29 is 0 Å². The Bertz CT molecular complexity index is 798. The topological polar surface area (TPSA) is 42.9 Å². The van der Waals surface area contributed by atoms with Gasteiger partial charge >= 0.3 is 0 Å². The SMILES string of the molecule is CCNC(=NCC1CCCN(C)C1c1cccs1)NC1CCN(c2ccccc2)C1.I. The van der Waals surface area contributed by atoms with Gasteiger partial charge in [0, 0.05) is 48.8 Å². The average Bonchev–Trinajstić information content (AvgIpc) is 3.45. The molecule has 2 aliphatic heterocycles. The number of halogens is 1. The van der Waals surface area contributed by atoms with Crippen molar-refractivity contribution in [1.29, 1.82) is 0 Å². The van der Waals surface area contributed by atoms with Gasteiger partial charge < -0.3 is 15.5 Å². The molecule has 0 amide bonds. The zero-order chi connectivity index (χ0) is 20.8. The number of rotatable bonds is 6. The number of nitrogens with zero attached hydrogens (tertiary/aromatic N) is 3. The smallest absolute Gasteiger partial charge is 0.191 e. The van der Waals surface area contributed by atoms with Gasteiger partial charge in [0.1, 0.15) is 0 Å². The van der Waals surface area contributed by atoms with E-state index in [9.17, 15) is 0 Å². The summed E-state index contributed by atoms with van der Waals surface area (Å²) in [6, 6.07) is 16.1. The molecule has 0 radical (unpaired) electrons. The predicted octanol–water partition coefficient (Wildman–Crippen LogP) is 4.58. The lowest BCUT2D eigenvalue weighted by Gasteiger charge is -2.38. The van der Waals surface area contributed by atoms with E-state index in [1.54, 1.807) is 0 Å². The number of piperidine rings is 1. The van der Waals surface area contributed by atoms with Gasteiger partial charge in [0.05, 0.1) is 0 Å². The van der Waals surface area contributed by atoms with Crippen molar-refractivity contribution in [2.75, 3.05) is 44.7 Å². The summed E-state index contributed by atoms with van der Waals surface area (Å²) in [6.07, 6.45) is 3.65. The molecule has 0 aliphatic carbocycles. The lowest BCUT2D eigenvalue weighted by atomic mass is 9.88. The molecular formula is C24H36IN5S. The van der Waals surface area contributed by atoms with E-state index >= 15 is 0 Å². The summed E-state index contributed by atoms with van der Waals surface area (Å²) < 4.78 is 0. The minimum atomic E-state index is 0. The van der Waals surface area contributed by atoms with Crippen LogP contribution in [-0.2, 0) is 0 Å². The Labute approximate surface area is 208 Å². The third kappa shape index (κ3) is 6.35. The van der Waals surface area contributed by atoms with Crippen LogP contribution in [0.1, 0.15) is 37.1 Å². The largest absolute Gasteiger partial charge is 0.369 e. The van der Waals surface area contributed by atoms with Crippen molar-refractivity contribution >= 4 is 47.0 Å². The van der Waals surface area contributed by atoms with Crippen LogP contribution in [0.25, 0.3) is 0 Å². The summed E-state index contributed by atoms with van der Waals surface area (Å²) in [6.45, 7) is 7.20. The van der Waals surface area contributed by atoms with Gasteiger partial charge in [0.25, 0.3) is 0 Å². The zero-order valence-electron chi connectivity index (χ0n) is 18.7. The van der Waals surface area contributed by atoms with Crippen LogP contribution in [-0.4, -0.2) is 56.7 Å². The number of likely N-dealkylation sites (tertiary alicyclic amines) is 1. The van der Waals surface area contributed by atoms with Crippen LogP contribution in [0, 0.1) is 5.92 Å². The molecule has 3 unspecified atom stereocenters. The Kier molecular flexibility index (Phi) is 9.47. The maximum atomic E-state index is 5.05. The maximum Gasteiger partial charge on any atom is 0.191 e. The van der Waals surface area contributed by atoms with Gasteiger partial charge in [-0.2, -0.15) is 0 Å². The zero-order valence-corrected chi connectivity index (χ0v) is 21.8. The second-order valence-electron chi connectivity index (χ2n) is 8.47. The van der Waals surface area contributed by atoms with Crippen molar-refractivity contribution in [3.05, 3.63) is 52.7 Å². The standard InChI is InChI=1S/C24H35N5S.HI/c1-3-25-24(27-20-13-15-29(18-20)21-10-5-4-6-11-21)26-17-19-9-7-14-28(2)23(19)22-12-8-16-30-22;/h4-6,8,10-12,16,19-20,23H,3,7,9,13-15,17-18H2,1-2H3,(H2,25,26,27);1H. The first-order valence-electron chi connectivity index (χ1n) is 11.3. The number of thiophene rings is 1. The van der Waals surface area contributed by atoms with Gasteiger partial charge in [-0.3, -0.25) is 9.89 Å². The summed E-state index contributed by atoms with van der Waals surface area (Å²) in [4.78, 5) is 11.5. The van der Waals surface area contributed by atoms with E-state index in [1.165, 1.54) is 30.0 Å². The van der Waals surface area contributed by atoms with Crippen LogP contribution in [0.4, 0.5) is 5.69 Å². The molecule has 0 spiro atoms. The normalized spacial score (nSPS) is 24.6. The van der Waals surface area contributed by atoms with Crippen LogP contribution in [0.5, 0.6) is 0 Å². The quantitative estimate of drug-likeness (QED) is 0.312. The lowest BCUT2D eigenvalue weighted by Crippen LogP contribution is -2.45. The first-order chi connectivity index (χ1) is 14.7. The highest BCUT2D eigenvalue weighted by atomic mass is 127. The lowest BCUT2D eigenvalue weighted by molar-refractivity contribution is 0.128. The highest BCUT2D eigenvalue weighted by molar-refractivity contribution is 14.0. The van der Waals surface area contributed by atoms with Crippen LogP contribution in [0.3, 0.4) is 0 Å². The van der Waals surface area contributed by atoms with Gasteiger partial charge in [-0.25, -0.2) is 0 Å². The summed E-state index contributed by atoms with van der Waals surface area (Å²) in [5.41, 5.74) is 1.31. The van der Waals surface area contributed by atoms with E-state index in [0.717, 1.165) is 38.6 Å². The highest BCUT2D eigenvalue weighted by Gasteiger charge is 2.31. The Morgan fingerprint density at radius 1 is 1.13 bits per heavy atom. The number of aliphatic imine (C=N–C) groups is 1. The molecule has 170 valence electrons. The van der Waals surface area contributed by atoms with Gasteiger partial charge in [0.15, 0.2) is 5.96 Å². The Hall–Kier alpha value is -1.32. The molecule has 1 aromatic heterocycles. The molecule has 2 saturated heterocycles. The molecule has 2 N–H and O–H groups in total. The second-order valence-corrected chi connectivity index (χ2v) is 9.45. The predicted molar refractivity (Wildman–Crippen MR) is 144 cm³/mol. The molecule has 2 aliphatic rings. The minimum Gasteiger partial charge on any atom is -0.369 e. The van der Waals surface area contributed by atoms with Gasteiger partial charge in [-0.1, -0.05) is 24.3 Å². The fourth-order valence-corrected chi connectivity index (χ4v) is 5.82. The van der Waals surface area contributed by atoms with Crippen LogP contribution >= 0.6 is 35.3 Å². The maximum absolute atomic E-state index is 5.05. The van der Waals surface area contributed by atoms with Crippen molar-refractivity contribution in [2.45, 2.75) is 38.3 Å². The molecule has 5 nitrogen and oxygen atoms in total. The molecule has 2 aromatic rings. The first-order valence-corrected chi connectivity index (χ1v) is 12.2. The highest BCUT2D eigenvalue weighted by Crippen LogP contribution is 2.37. The number of guanidine groups is 1. The molecule has 31 heavy (non-hydrogen) atoms. The third-order valence-corrected chi connectivity index (χ3v) is 7.26. The van der Waals surface area contributed by atoms with Crippen LogP contribution < -0.4 is 15.5 Å². The Balaban J connectivity index is 0.00000272. The molecule has 7 heteroatoms. The monoisotopic (exact) mass is 553 g/mol. The first kappa shape index (κ1) is 24.3. The molecule has 0 saturated carbocycles. The number of benzene rings is 1. The fraction of sp³-hybridized carbons (Fsp3) is 0.542. The van der Waals surface area contributed by atoms with Gasteiger partial charge in [-0.05, 0) is 69.3 Å². The molecule has 0 bridgehead atoms. The number of hydrogen-bond acceptors (Lipinski definition) is 4. The minimum absolute atomic E-state index is 0. The van der Waals surface area contributed by atoms with Crippen molar-refractivity contribution in [3.8, 4) is 0 Å². The van der Waals surface area contributed by atoms with E-state index < -0.39 is 0 Å². The van der Waals surface area contributed by atoms with Gasteiger partial charge in [0.2, 0.25) is 0 Å². The summed E-state index contributed by atoms with van der Waals surface area (Å²) in [5, 5.41) is 9.37. The fourth-order valence-electron chi connectivity index (χ4n) is 4.83.